The zero-order valence-electron chi connectivity index (χ0n) is 16.0. The number of sulfone groups is 1. The fourth-order valence-corrected chi connectivity index (χ4v) is 5.07. The van der Waals surface area contributed by atoms with Crippen LogP contribution in [0.25, 0.3) is 21.9 Å². The van der Waals surface area contributed by atoms with E-state index in [1.54, 1.807) is 48.5 Å². The summed E-state index contributed by atoms with van der Waals surface area (Å²) in [7, 11) is -3.84. The zero-order chi connectivity index (χ0) is 21.5. The molecule has 4 aromatic rings. The Morgan fingerprint density at radius 1 is 0.833 bits per heavy atom. The van der Waals surface area contributed by atoms with E-state index >= 15 is 0 Å². The van der Waals surface area contributed by atoms with Crippen molar-refractivity contribution in [3.05, 3.63) is 96.1 Å². The van der Waals surface area contributed by atoms with Crippen molar-refractivity contribution in [2.75, 3.05) is 0 Å². The van der Waals surface area contributed by atoms with E-state index in [2.05, 4.69) is 0 Å². The van der Waals surface area contributed by atoms with Crippen LogP contribution in [0.5, 0.6) is 0 Å². The van der Waals surface area contributed by atoms with Crippen LogP contribution < -0.4 is 0 Å². The Morgan fingerprint density at radius 3 is 2.27 bits per heavy atom. The number of aliphatic hydroxyl groups is 1. The lowest BCUT2D eigenvalue weighted by Gasteiger charge is -2.13. The van der Waals surface area contributed by atoms with Gasteiger partial charge in [-0.05, 0) is 65.2 Å². The molecule has 0 spiro atoms. The third kappa shape index (κ3) is 3.60. The second kappa shape index (κ2) is 7.63. The molecule has 0 aliphatic carbocycles. The summed E-state index contributed by atoms with van der Waals surface area (Å²) in [5, 5.41) is 11.3. The van der Waals surface area contributed by atoms with Gasteiger partial charge < -0.3 is 5.11 Å². The van der Waals surface area contributed by atoms with Crippen molar-refractivity contribution in [2.45, 2.75) is 22.8 Å². The van der Waals surface area contributed by atoms with Crippen molar-refractivity contribution >= 4 is 20.6 Å². The predicted octanol–water partition coefficient (Wildman–Crippen LogP) is 5.67. The standard InChI is InChI=1S/C24H18F2O3S/c1-15(27)21-4-2-3-5-24(21)30(28,29)20-10-8-16-12-18(7-6-17(16)13-20)22-11-9-19(25)14-23(22)26/h2-15,27H,1H3/t15-/m1/s1. The number of hydrogen-bond acceptors (Lipinski definition) is 3. The van der Waals surface area contributed by atoms with Crippen molar-refractivity contribution in [1.29, 1.82) is 0 Å². The maximum atomic E-state index is 14.1. The average molecular weight is 424 g/mol. The van der Waals surface area contributed by atoms with Gasteiger partial charge in [0.1, 0.15) is 11.6 Å². The van der Waals surface area contributed by atoms with Crippen LogP contribution in [0.15, 0.2) is 88.7 Å². The van der Waals surface area contributed by atoms with Gasteiger partial charge in [0.15, 0.2) is 0 Å². The third-order valence-corrected chi connectivity index (χ3v) is 6.85. The lowest BCUT2D eigenvalue weighted by Crippen LogP contribution is -2.07. The van der Waals surface area contributed by atoms with Gasteiger partial charge in [-0.2, -0.15) is 0 Å². The largest absolute Gasteiger partial charge is 0.389 e. The smallest absolute Gasteiger partial charge is 0.206 e. The average Bonchev–Trinajstić information content (AvgIpc) is 2.73. The number of aliphatic hydroxyl groups excluding tert-OH is 1. The molecule has 0 aliphatic heterocycles. The van der Waals surface area contributed by atoms with E-state index < -0.39 is 27.6 Å². The van der Waals surface area contributed by atoms with Crippen LogP contribution in [0, 0.1) is 11.6 Å². The quantitative estimate of drug-likeness (QED) is 0.459. The Balaban J connectivity index is 1.80. The van der Waals surface area contributed by atoms with Gasteiger partial charge in [0.25, 0.3) is 0 Å². The summed E-state index contributed by atoms with van der Waals surface area (Å²) in [6.07, 6.45) is -0.926. The Kier molecular flexibility index (Phi) is 5.13. The minimum atomic E-state index is -3.84. The zero-order valence-corrected chi connectivity index (χ0v) is 16.8. The van der Waals surface area contributed by atoms with Crippen LogP contribution >= 0.6 is 0 Å². The van der Waals surface area contributed by atoms with Crippen molar-refractivity contribution < 1.29 is 22.3 Å². The van der Waals surface area contributed by atoms with Crippen LogP contribution in [0.1, 0.15) is 18.6 Å². The highest BCUT2D eigenvalue weighted by molar-refractivity contribution is 7.91. The van der Waals surface area contributed by atoms with E-state index in [-0.39, 0.29) is 15.4 Å². The number of benzene rings is 4. The van der Waals surface area contributed by atoms with Gasteiger partial charge in [0.2, 0.25) is 9.84 Å². The number of hydrogen-bond donors (Lipinski definition) is 1. The molecule has 6 heteroatoms. The second-order valence-electron chi connectivity index (χ2n) is 7.07. The first-order chi connectivity index (χ1) is 14.3. The first kappa shape index (κ1) is 20.2. The van der Waals surface area contributed by atoms with Gasteiger partial charge in [-0.1, -0.05) is 36.4 Å². The molecule has 3 nitrogen and oxygen atoms in total. The normalized spacial score (nSPS) is 12.8. The fraction of sp³-hybridized carbons (Fsp3) is 0.0833. The molecular formula is C24H18F2O3S. The Bertz CT molecular complexity index is 1360. The van der Waals surface area contributed by atoms with E-state index in [0.717, 1.165) is 11.5 Å². The first-order valence-corrected chi connectivity index (χ1v) is 10.8. The Hall–Kier alpha value is -3.09. The van der Waals surface area contributed by atoms with Gasteiger partial charge in [0.05, 0.1) is 15.9 Å². The molecule has 0 aliphatic rings. The number of fused-ring (bicyclic) bond motifs is 1. The lowest BCUT2D eigenvalue weighted by atomic mass is 10.0. The molecular weight excluding hydrogens is 406 g/mol. The van der Waals surface area contributed by atoms with Crippen LogP contribution in [0.2, 0.25) is 0 Å². The summed E-state index contributed by atoms with van der Waals surface area (Å²) in [4.78, 5) is 0.160. The molecule has 1 atom stereocenters. The SMILES string of the molecule is C[C@@H](O)c1ccccc1S(=O)(=O)c1ccc2cc(-c3ccc(F)cc3F)ccc2c1. The van der Waals surface area contributed by atoms with E-state index in [1.165, 1.54) is 31.2 Å². The third-order valence-electron chi connectivity index (χ3n) is 5.02. The molecule has 0 aromatic heterocycles. The molecule has 0 radical (unpaired) electrons. The maximum Gasteiger partial charge on any atom is 0.206 e. The van der Waals surface area contributed by atoms with E-state index in [0.29, 0.717) is 16.5 Å². The second-order valence-corrected chi connectivity index (χ2v) is 8.98. The minimum absolute atomic E-state index is 0.0596. The number of halogens is 2. The molecule has 0 fully saturated rings. The first-order valence-electron chi connectivity index (χ1n) is 9.29. The van der Waals surface area contributed by atoms with Gasteiger partial charge in [-0.3, -0.25) is 0 Å². The molecule has 0 amide bonds. The Morgan fingerprint density at radius 2 is 1.53 bits per heavy atom. The molecule has 0 bridgehead atoms. The topological polar surface area (TPSA) is 54.4 Å². The van der Waals surface area contributed by atoms with Crippen molar-refractivity contribution in [1.82, 2.24) is 0 Å². The summed E-state index contributed by atoms with van der Waals surface area (Å²) < 4.78 is 53.6. The molecule has 0 saturated carbocycles. The molecule has 0 saturated heterocycles. The fourth-order valence-electron chi connectivity index (χ4n) is 3.48. The van der Waals surface area contributed by atoms with Gasteiger partial charge in [0, 0.05) is 11.6 Å². The van der Waals surface area contributed by atoms with E-state index in [4.69, 9.17) is 0 Å². The van der Waals surface area contributed by atoms with Crippen LogP contribution in [0.3, 0.4) is 0 Å². The van der Waals surface area contributed by atoms with Gasteiger partial charge in [-0.25, -0.2) is 17.2 Å². The minimum Gasteiger partial charge on any atom is -0.389 e. The highest BCUT2D eigenvalue weighted by atomic mass is 32.2. The molecule has 1 N–H and O–H groups in total. The maximum absolute atomic E-state index is 14.1. The molecule has 30 heavy (non-hydrogen) atoms. The molecule has 4 rings (SSSR count). The summed E-state index contributed by atoms with van der Waals surface area (Å²) in [5.41, 5.74) is 1.16. The van der Waals surface area contributed by atoms with E-state index in [9.17, 15) is 22.3 Å². The highest BCUT2D eigenvalue weighted by Gasteiger charge is 2.23. The van der Waals surface area contributed by atoms with Crippen molar-refractivity contribution in [3.8, 4) is 11.1 Å². The number of rotatable bonds is 4. The van der Waals surface area contributed by atoms with Crippen molar-refractivity contribution in [3.63, 3.8) is 0 Å². The van der Waals surface area contributed by atoms with Crippen LogP contribution in [-0.4, -0.2) is 13.5 Å². The monoisotopic (exact) mass is 424 g/mol. The van der Waals surface area contributed by atoms with Crippen molar-refractivity contribution in [2.24, 2.45) is 0 Å². The van der Waals surface area contributed by atoms with Crippen LogP contribution in [0.4, 0.5) is 8.78 Å². The summed E-state index contributed by atoms with van der Waals surface area (Å²) in [6.45, 7) is 1.52. The van der Waals surface area contributed by atoms with E-state index in [1.807, 2.05) is 0 Å². The lowest BCUT2D eigenvalue weighted by molar-refractivity contribution is 0.196. The molecule has 4 aromatic carbocycles. The van der Waals surface area contributed by atoms with Crippen LogP contribution in [-0.2, 0) is 9.84 Å². The molecule has 152 valence electrons. The summed E-state index contributed by atoms with van der Waals surface area (Å²) in [5.74, 6) is -1.31. The predicted molar refractivity (Wildman–Crippen MR) is 112 cm³/mol. The Labute approximate surface area is 173 Å². The molecule has 0 heterocycles. The summed E-state index contributed by atoms with van der Waals surface area (Å²) in [6, 6.07) is 19.5. The molecule has 0 unspecified atom stereocenters. The van der Waals surface area contributed by atoms with Gasteiger partial charge in [-0.15, -0.1) is 0 Å². The highest BCUT2D eigenvalue weighted by Crippen LogP contribution is 2.32. The summed E-state index contributed by atoms with van der Waals surface area (Å²) >= 11 is 0. The van der Waals surface area contributed by atoms with Gasteiger partial charge >= 0.3 is 0 Å².